The summed E-state index contributed by atoms with van der Waals surface area (Å²) in [5, 5.41) is 4.12. The molecule has 1 aromatic heterocycles. The molecule has 0 amide bonds. The van der Waals surface area contributed by atoms with Gasteiger partial charge in [-0.2, -0.15) is 4.98 Å². The molecule has 1 aromatic carbocycles. The third-order valence-electron chi connectivity index (χ3n) is 4.01. The van der Waals surface area contributed by atoms with Crippen molar-refractivity contribution < 1.29 is 4.42 Å². The van der Waals surface area contributed by atoms with Crippen molar-refractivity contribution in [3.8, 4) is 0 Å². The van der Waals surface area contributed by atoms with E-state index < -0.39 is 0 Å². The van der Waals surface area contributed by atoms with Gasteiger partial charge in [0, 0.05) is 18.1 Å². The van der Waals surface area contributed by atoms with Crippen LogP contribution >= 0.6 is 11.6 Å². The molecular formula is C13H14ClN3O. The van der Waals surface area contributed by atoms with Gasteiger partial charge in [-0.25, -0.2) is 0 Å². The van der Waals surface area contributed by atoms with Crippen LogP contribution in [-0.2, 0) is 0 Å². The Balaban J connectivity index is 1.67. The molecule has 94 valence electrons. The second kappa shape index (κ2) is 3.87. The van der Waals surface area contributed by atoms with Gasteiger partial charge in [0.15, 0.2) is 5.58 Å². The standard InChI is InChI=1S/C13H14ClN3O/c14-9-1-2-12-10(5-9)16-13(18-12)17-7-8-3-4-15-6-11(8)17/h1-2,5,8,11,15H,3-4,6-7H2. The minimum atomic E-state index is 0.544. The van der Waals surface area contributed by atoms with Crippen LogP contribution in [0.2, 0.25) is 5.02 Å². The number of aromatic nitrogens is 1. The second-order valence-corrected chi connectivity index (χ2v) is 5.52. The van der Waals surface area contributed by atoms with Gasteiger partial charge in [-0.05, 0) is 37.1 Å². The fraction of sp³-hybridized carbons (Fsp3) is 0.462. The first kappa shape index (κ1) is 10.6. The summed E-state index contributed by atoms with van der Waals surface area (Å²) < 4.78 is 5.80. The van der Waals surface area contributed by atoms with E-state index in [1.807, 2.05) is 18.2 Å². The Kier molecular flexibility index (Phi) is 2.29. The molecule has 0 aliphatic carbocycles. The third-order valence-corrected chi connectivity index (χ3v) is 4.24. The zero-order valence-electron chi connectivity index (χ0n) is 9.90. The number of hydrogen-bond donors (Lipinski definition) is 1. The van der Waals surface area contributed by atoms with E-state index in [1.54, 1.807) is 0 Å². The fourth-order valence-electron chi connectivity index (χ4n) is 2.96. The second-order valence-electron chi connectivity index (χ2n) is 5.08. The minimum Gasteiger partial charge on any atom is -0.423 e. The molecule has 4 rings (SSSR count). The molecule has 3 heterocycles. The van der Waals surface area contributed by atoms with Crippen molar-refractivity contribution in [1.82, 2.24) is 10.3 Å². The topological polar surface area (TPSA) is 41.3 Å². The SMILES string of the molecule is Clc1ccc2oc(N3CC4CCNCC43)nc2c1. The molecule has 2 unspecified atom stereocenters. The van der Waals surface area contributed by atoms with Gasteiger partial charge in [0.05, 0.1) is 6.04 Å². The predicted octanol–water partition coefficient (Wildman–Crippen LogP) is 2.28. The van der Waals surface area contributed by atoms with Gasteiger partial charge < -0.3 is 14.6 Å². The van der Waals surface area contributed by atoms with E-state index in [0.29, 0.717) is 11.1 Å². The largest absolute Gasteiger partial charge is 0.423 e. The number of rotatable bonds is 1. The van der Waals surface area contributed by atoms with E-state index in [1.165, 1.54) is 6.42 Å². The van der Waals surface area contributed by atoms with Crippen LogP contribution < -0.4 is 10.2 Å². The smallest absolute Gasteiger partial charge is 0.298 e. The first-order chi connectivity index (χ1) is 8.81. The molecule has 1 N–H and O–H groups in total. The van der Waals surface area contributed by atoms with E-state index in [9.17, 15) is 0 Å². The van der Waals surface area contributed by atoms with Crippen LogP contribution in [0.4, 0.5) is 6.01 Å². The average Bonchev–Trinajstić information content (AvgIpc) is 2.73. The van der Waals surface area contributed by atoms with E-state index in [0.717, 1.165) is 42.7 Å². The Labute approximate surface area is 110 Å². The van der Waals surface area contributed by atoms with Crippen molar-refractivity contribution >= 4 is 28.7 Å². The fourth-order valence-corrected chi connectivity index (χ4v) is 3.12. The van der Waals surface area contributed by atoms with Crippen molar-refractivity contribution in [3.63, 3.8) is 0 Å². The zero-order chi connectivity index (χ0) is 12.1. The number of anilines is 1. The van der Waals surface area contributed by atoms with E-state index in [4.69, 9.17) is 16.0 Å². The van der Waals surface area contributed by atoms with Crippen molar-refractivity contribution in [2.75, 3.05) is 24.5 Å². The number of oxazole rings is 1. The van der Waals surface area contributed by atoms with Gasteiger partial charge in [-0.1, -0.05) is 11.6 Å². The molecule has 2 aliphatic rings. The van der Waals surface area contributed by atoms with Gasteiger partial charge in [-0.3, -0.25) is 0 Å². The average molecular weight is 264 g/mol. The van der Waals surface area contributed by atoms with Crippen LogP contribution in [0.25, 0.3) is 11.1 Å². The first-order valence-electron chi connectivity index (χ1n) is 6.35. The van der Waals surface area contributed by atoms with Crippen LogP contribution in [0.1, 0.15) is 6.42 Å². The van der Waals surface area contributed by atoms with Crippen LogP contribution in [0.5, 0.6) is 0 Å². The van der Waals surface area contributed by atoms with E-state index >= 15 is 0 Å². The van der Waals surface area contributed by atoms with Gasteiger partial charge in [0.1, 0.15) is 5.52 Å². The summed E-state index contributed by atoms with van der Waals surface area (Å²) in [7, 11) is 0. The van der Waals surface area contributed by atoms with Crippen molar-refractivity contribution in [2.24, 2.45) is 5.92 Å². The Bertz CT molecular complexity index is 597. The normalized spacial score (nSPS) is 27.1. The highest BCUT2D eigenvalue weighted by molar-refractivity contribution is 6.31. The Morgan fingerprint density at radius 3 is 3.28 bits per heavy atom. The van der Waals surface area contributed by atoms with Gasteiger partial charge >= 0.3 is 0 Å². The van der Waals surface area contributed by atoms with Crippen LogP contribution in [0.3, 0.4) is 0 Å². The van der Waals surface area contributed by atoms with Gasteiger partial charge in [0.2, 0.25) is 0 Å². The lowest BCUT2D eigenvalue weighted by Crippen LogP contribution is -2.63. The molecule has 2 atom stereocenters. The summed E-state index contributed by atoms with van der Waals surface area (Å²) >= 11 is 5.96. The molecule has 18 heavy (non-hydrogen) atoms. The maximum Gasteiger partial charge on any atom is 0.298 e. The lowest BCUT2D eigenvalue weighted by atomic mass is 9.83. The number of benzene rings is 1. The number of piperidine rings is 1. The number of fused-ring (bicyclic) bond motifs is 2. The molecular weight excluding hydrogens is 250 g/mol. The number of nitrogens with zero attached hydrogens (tertiary/aromatic N) is 2. The molecule has 2 aliphatic heterocycles. The monoisotopic (exact) mass is 263 g/mol. The van der Waals surface area contributed by atoms with Crippen molar-refractivity contribution in [1.29, 1.82) is 0 Å². The zero-order valence-corrected chi connectivity index (χ0v) is 10.7. The first-order valence-corrected chi connectivity index (χ1v) is 6.72. The number of nitrogens with one attached hydrogen (secondary N) is 1. The highest BCUT2D eigenvalue weighted by atomic mass is 35.5. The summed E-state index contributed by atoms with van der Waals surface area (Å²) in [6, 6.07) is 6.84. The molecule has 4 nitrogen and oxygen atoms in total. The Morgan fingerprint density at radius 1 is 1.44 bits per heavy atom. The summed E-state index contributed by atoms with van der Waals surface area (Å²) in [4.78, 5) is 6.79. The van der Waals surface area contributed by atoms with Gasteiger partial charge in [-0.15, -0.1) is 0 Å². The molecule has 2 aromatic rings. The van der Waals surface area contributed by atoms with Crippen molar-refractivity contribution in [2.45, 2.75) is 12.5 Å². The molecule has 0 saturated carbocycles. The van der Waals surface area contributed by atoms with Crippen molar-refractivity contribution in [3.05, 3.63) is 23.2 Å². The van der Waals surface area contributed by atoms with E-state index in [2.05, 4.69) is 15.2 Å². The van der Waals surface area contributed by atoms with Gasteiger partial charge in [0.25, 0.3) is 6.01 Å². The predicted molar refractivity (Wildman–Crippen MR) is 71.1 cm³/mol. The molecule has 0 bridgehead atoms. The molecule has 5 heteroatoms. The lowest BCUT2D eigenvalue weighted by molar-refractivity contribution is 0.217. The Hall–Kier alpha value is -1.26. The molecule has 2 fully saturated rings. The van der Waals surface area contributed by atoms with E-state index in [-0.39, 0.29) is 0 Å². The molecule has 0 radical (unpaired) electrons. The number of halogens is 1. The minimum absolute atomic E-state index is 0.544. The Morgan fingerprint density at radius 2 is 2.39 bits per heavy atom. The van der Waals surface area contributed by atoms with Crippen LogP contribution in [0.15, 0.2) is 22.6 Å². The summed E-state index contributed by atoms with van der Waals surface area (Å²) in [6.07, 6.45) is 1.26. The maximum absolute atomic E-state index is 5.96. The highest BCUT2D eigenvalue weighted by Gasteiger charge is 2.42. The third kappa shape index (κ3) is 1.52. The highest BCUT2D eigenvalue weighted by Crippen LogP contribution is 2.35. The molecule has 2 saturated heterocycles. The quantitative estimate of drug-likeness (QED) is 0.857. The van der Waals surface area contributed by atoms with Crippen LogP contribution in [-0.4, -0.2) is 30.7 Å². The maximum atomic E-state index is 5.96. The van der Waals surface area contributed by atoms with Crippen LogP contribution in [0, 0.1) is 5.92 Å². The number of hydrogen-bond acceptors (Lipinski definition) is 4. The summed E-state index contributed by atoms with van der Waals surface area (Å²) in [5.74, 6) is 0.796. The summed E-state index contributed by atoms with van der Waals surface area (Å²) in [5.41, 5.74) is 1.64. The lowest BCUT2D eigenvalue weighted by Gasteiger charge is -2.50. The summed E-state index contributed by atoms with van der Waals surface area (Å²) in [6.45, 7) is 3.23. The molecule has 0 spiro atoms.